The van der Waals surface area contributed by atoms with Crippen molar-refractivity contribution in [3.05, 3.63) is 29.8 Å². The summed E-state index contributed by atoms with van der Waals surface area (Å²) in [5, 5.41) is 2.87. The molecule has 0 saturated carbocycles. The lowest BCUT2D eigenvalue weighted by Crippen LogP contribution is -2.47. The number of rotatable bonds is 5. The van der Waals surface area contributed by atoms with Crippen LogP contribution in [0.5, 0.6) is 5.75 Å². The summed E-state index contributed by atoms with van der Waals surface area (Å²) in [5.41, 5.74) is 0.506. The number of aryl methyl sites for hydroxylation is 1. The molecular formula is C16H20N2O3S. The SMILES string of the molecule is Cc1cccc(OCCCN2C(=O)NC3(CCSC3)C2=O)c1. The molecule has 118 valence electrons. The van der Waals surface area contributed by atoms with Crippen LogP contribution in [-0.2, 0) is 4.79 Å². The minimum atomic E-state index is -0.640. The number of thioether (sulfide) groups is 1. The first-order chi connectivity index (χ1) is 10.6. The Morgan fingerprint density at radius 1 is 1.41 bits per heavy atom. The molecule has 0 bridgehead atoms. The molecule has 1 N–H and O–H groups in total. The standard InChI is InChI=1S/C16H20N2O3S/c1-12-4-2-5-13(10-12)21-8-3-7-18-14(19)16(17-15(18)20)6-9-22-11-16/h2,4-5,10H,3,6-9,11H2,1H3,(H,17,20). The molecule has 3 amide bonds. The third-order valence-corrected chi connectivity index (χ3v) is 5.24. The van der Waals surface area contributed by atoms with Crippen molar-refractivity contribution in [1.29, 1.82) is 0 Å². The zero-order valence-corrected chi connectivity index (χ0v) is 13.4. The van der Waals surface area contributed by atoms with Gasteiger partial charge in [-0.2, -0.15) is 11.8 Å². The van der Waals surface area contributed by atoms with Gasteiger partial charge in [-0.3, -0.25) is 9.69 Å². The maximum absolute atomic E-state index is 12.4. The Balaban J connectivity index is 1.49. The maximum Gasteiger partial charge on any atom is 0.325 e. The van der Waals surface area contributed by atoms with Gasteiger partial charge in [0, 0.05) is 12.3 Å². The molecule has 6 heteroatoms. The molecule has 1 spiro atoms. The number of carbonyl (C=O) groups excluding carboxylic acids is 2. The summed E-state index contributed by atoms with van der Waals surface area (Å²) in [6.07, 6.45) is 1.37. The minimum Gasteiger partial charge on any atom is -0.494 e. The monoisotopic (exact) mass is 320 g/mol. The van der Waals surface area contributed by atoms with Gasteiger partial charge in [-0.25, -0.2) is 4.79 Å². The Labute approximate surface area is 134 Å². The Bertz CT molecular complexity index is 585. The Kier molecular flexibility index (Phi) is 4.29. The van der Waals surface area contributed by atoms with E-state index in [0.29, 0.717) is 25.3 Å². The molecule has 22 heavy (non-hydrogen) atoms. The fraction of sp³-hybridized carbons (Fsp3) is 0.500. The smallest absolute Gasteiger partial charge is 0.325 e. The lowest BCUT2D eigenvalue weighted by atomic mass is 9.99. The molecule has 2 aliphatic rings. The van der Waals surface area contributed by atoms with Gasteiger partial charge in [0.25, 0.3) is 5.91 Å². The molecule has 2 saturated heterocycles. The number of amides is 3. The third-order valence-electron chi connectivity index (χ3n) is 4.05. The predicted molar refractivity (Wildman–Crippen MR) is 86.2 cm³/mol. The number of imide groups is 1. The van der Waals surface area contributed by atoms with Crippen LogP contribution in [0, 0.1) is 6.92 Å². The lowest BCUT2D eigenvalue weighted by molar-refractivity contribution is -0.130. The number of carbonyl (C=O) groups is 2. The van der Waals surface area contributed by atoms with Crippen molar-refractivity contribution in [2.24, 2.45) is 0 Å². The highest BCUT2D eigenvalue weighted by atomic mass is 32.2. The number of hydrogen-bond acceptors (Lipinski definition) is 4. The van der Waals surface area contributed by atoms with Gasteiger partial charge in [0.05, 0.1) is 6.61 Å². The fourth-order valence-corrected chi connectivity index (χ4v) is 4.15. The second kappa shape index (κ2) is 6.20. The summed E-state index contributed by atoms with van der Waals surface area (Å²) < 4.78 is 5.66. The van der Waals surface area contributed by atoms with E-state index in [4.69, 9.17) is 4.74 Å². The molecule has 1 aromatic rings. The van der Waals surface area contributed by atoms with Gasteiger partial charge in [-0.1, -0.05) is 12.1 Å². The van der Waals surface area contributed by atoms with E-state index in [2.05, 4.69) is 5.32 Å². The number of nitrogens with zero attached hydrogens (tertiary/aromatic N) is 1. The molecule has 1 atom stereocenters. The van der Waals surface area contributed by atoms with Gasteiger partial charge < -0.3 is 10.1 Å². The van der Waals surface area contributed by atoms with Crippen LogP contribution in [0.15, 0.2) is 24.3 Å². The quantitative estimate of drug-likeness (QED) is 0.667. The second-order valence-corrected chi connectivity index (χ2v) is 6.90. The molecule has 2 aliphatic heterocycles. The van der Waals surface area contributed by atoms with Crippen LogP contribution in [-0.4, -0.2) is 47.0 Å². The number of hydrogen-bond donors (Lipinski definition) is 1. The maximum atomic E-state index is 12.4. The van der Waals surface area contributed by atoms with E-state index < -0.39 is 5.54 Å². The summed E-state index contributed by atoms with van der Waals surface area (Å²) in [4.78, 5) is 25.8. The lowest BCUT2D eigenvalue weighted by Gasteiger charge is -2.19. The van der Waals surface area contributed by atoms with Crippen molar-refractivity contribution in [2.75, 3.05) is 24.7 Å². The number of benzene rings is 1. The number of nitrogens with one attached hydrogen (secondary N) is 1. The highest BCUT2D eigenvalue weighted by Crippen LogP contribution is 2.33. The van der Waals surface area contributed by atoms with E-state index in [1.54, 1.807) is 11.8 Å². The van der Waals surface area contributed by atoms with Gasteiger partial charge in [-0.05, 0) is 43.2 Å². The molecule has 2 heterocycles. The number of urea groups is 1. The van der Waals surface area contributed by atoms with Crippen molar-refractivity contribution >= 4 is 23.7 Å². The molecule has 0 radical (unpaired) electrons. The largest absolute Gasteiger partial charge is 0.494 e. The van der Waals surface area contributed by atoms with E-state index >= 15 is 0 Å². The molecule has 3 rings (SSSR count). The van der Waals surface area contributed by atoms with Crippen molar-refractivity contribution in [2.45, 2.75) is 25.3 Å². The molecule has 1 unspecified atom stereocenters. The summed E-state index contributed by atoms with van der Waals surface area (Å²) in [5.74, 6) is 2.36. The van der Waals surface area contributed by atoms with Crippen LogP contribution in [0.4, 0.5) is 4.79 Å². The van der Waals surface area contributed by atoms with Crippen LogP contribution >= 0.6 is 11.8 Å². The number of ether oxygens (including phenoxy) is 1. The topological polar surface area (TPSA) is 58.6 Å². The van der Waals surface area contributed by atoms with E-state index in [-0.39, 0.29) is 11.9 Å². The van der Waals surface area contributed by atoms with E-state index in [1.807, 2.05) is 31.2 Å². The molecule has 2 fully saturated rings. The second-order valence-electron chi connectivity index (χ2n) is 5.79. The van der Waals surface area contributed by atoms with Gasteiger partial charge in [-0.15, -0.1) is 0 Å². The average molecular weight is 320 g/mol. The average Bonchev–Trinajstić information content (AvgIpc) is 3.04. The highest BCUT2D eigenvalue weighted by molar-refractivity contribution is 7.99. The summed E-state index contributed by atoms with van der Waals surface area (Å²) in [6, 6.07) is 7.58. The Hall–Kier alpha value is -1.69. The zero-order chi connectivity index (χ0) is 15.6. The van der Waals surface area contributed by atoms with E-state index in [1.165, 1.54) is 4.90 Å². The van der Waals surface area contributed by atoms with Crippen LogP contribution in [0.2, 0.25) is 0 Å². The van der Waals surface area contributed by atoms with Gasteiger partial charge >= 0.3 is 6.03 Å². The van der Waals surface area contributed by atoms with Crippen molar-refractivity contribution < 1.29 is 14.3 Å². The Morgan fingerprint density at radius 2 is 2.27 bits per heavy atom. The van der Waals surface area contributed by atoms with Crippen LogP contribution < -0.4 is 10.1 Å². The van der Waals surface area contributed by atoms with Crippen molar-refractivity contribution in [3.63, 3.8) is 0 Å². The van der Waals surface area contributed by atoms with Gasteiger partial charge in [0.1, 0.15) is 11.3 Å². The van der Waals surface area contributed by atoms with Crippen molar-refractivity contribution in [1.82, 2.24) is 10.2 Å². The van der Waals surface area contributed by atoms with E-state index in [9.17, 15) is 9.59 Å². The van der Waals surface area contributed by atoms with Gasteiger partial charge in [0.15, 0.2) is 0 Å². The normalized spacial score (nSPS) is 24.1. The first-order valence-electron chi connectivity index (χ1n) is 7.52. The molecule has 5 nitrogen and oxygen atoms in total. The third kappa shape index (κ3) is 2.92. The summed E-state index contributed by atoms with van der Waals surface area (Å²) >= 11 is 1.72. The molecule has 0 aromatic heterocycles. The minimum absolute atomic E-state index is 0.0712. The van der Waals surface area contributed by atoms with Crippen LogP contribution in [0.25, 0.3) is 0 Å². The first-order valence-corrected chi connectivity index (χ1v) is 8.68. The van der Waals surface area contributed by atoms with E-state index in [0.717, 1.165) is 23.5 Å². The highest BCUT2D eigenvalue weighted by Gasteiger charge is 2.52. The zero-order valence-electron chi connectivity index (χ0n) is 12.6. The fourth-order valence-electron chi connectivity index (χ4n) is 2.83. The summed E-state index contributed by atoms with van der Waals surface area (Å²) in [7, 11) is 0. The van der Waals surface area contributed by atoms with Crippen LogP contribution in [0.3, 0.4) is 0 Å². The molecular weight excluding hydrogens is 300 g/mol. The summed E-state index contributed by atoms with van der Waals surface area (Å²) in [6.45, 7) is 2.91. The predicted octanol–water partition coefficient (Wildman–Crippen LogP) is 2.19. The molecule has 0 aliphatic carbocycles. The van der Waals surface area contributed by atoms with Gasteiger partial charge in [0.2, 0.25) is 0 Å². The first kappa shape index (κ1) is 15.2. The van der Waals surface area contributed by atoms with Crippen LogP contribution in [0.1, 0.15) is 18.4 Å². The van der Waals surface area contributed by atoms with Crippen molar-refractivity contribution in [3.8, 4) is 5.75 Å². The Morgan fingerprint density at radius 3 is 3.00 bits per heavy atom. The molecule has 1 aromatic carbocycles.